The van der Waals surface area contributed by atoms with Crippen LogP contribution in [-0.4, -0.2) is 31.5 Å². The van der Waals surface area contributed by atoms with Crippen molar-refractivity contribution in [2.24, 2.45) is 0 Å². The van der Waals surface area contributed by atoms with Gasteiger partial charge in [-0.3, -0.25) is 4.68 Å². The molecule has 0 radical (unpaired) electrons. The Bertz CT molecular complexity index is 649. The van der Waals surface area contributed by atoms with E-state index in [0.29, 0.717) is 5.95 Å². The van der Waals surface area contributed by atoms with E-state index in [9.17, 15) is 0 Å². The van der Waals surface area contributed by atoms with Crippen molar-refractivity contribution >= 4 is 16.9 Å². The van der Waals surface area contributed by atoms with Crippen molar-refractivity contribution in [1.29, 1.82) is 0 Å². The molecule has 1 aromatic carbocycles. The van der Waals surface area contributed by atoms with E-state index in [4.69, 9.17) is 0 Å². The Morgan fingerprint density at radius 2 is 2.16 bits per heavy atom. The third-order valence-electron chi connectivity index (χ3n) is 2.81. The molecule has 0 aliphatic rings. The minimum atomic E-state index is 0.664. The number of aromatic nitrogens is 5. The van der Waals surface area contributed by atoms with Crippen molar-refractivity contribution in [3.63, 3.8) is 0 Å². The number of hydrogen-bond acceptors (Lipinski definition) is 5. The standard InChI is InChI=1S/C13H14N6/c1-2-5-12-11(4-1)10-15-13(17-12)14-6-3-8-19-9-7-16-18-19/h1-2,4-5,7,9-10H,3,6,8H2,(H,14,15,17). The molecule has 3 rings (SSSR count). The zero-order valence-corrected chi connectivity index (χ0v) is 10.4. The molecule has 0 saturated carbocycles. The van der Waals surface area contributed by atoms with Crippen molar-refractivity contribution in [3.8, 4) is 0 Å². The molecule has 6 heteroatoms. The summed E-state index contributed by atoms with van der Waals surface area (Å²) in [6, 6.07) is 7.95. The molecule has 0 amide bonds. The first kappa shape index (κ1) is 11.6. The molecular weight excluding hydrogens is 240 g/mol. The summed E-state index contributed by atoms with van der Waals surface area (Å²) in [4.78, 5) is 8.74. The van der Waals surface area contributed by atoms with Gasteiger partial charge in [0.25, 0.3) is 0 Å². The number of hydrogen-bond donors (Lipinski definition) is 1. The van der Waals surface area contributed by atoms with Gasteiger partial charge in [-0.2, -0.15) is 0 Å². The van der Waals surface area contributed by atoms with E-state index in [0.717, 1.165) is 30.4 Å². The predicted molar refractivity (Wildman–Crippen MR) is 72.7 cm³/mol. The van der Waals surface area contributed by atoms with E-state index in [1.807, 2.05) is 41.3 Å². The van der Waals surface area contributed by atoms with Crippen LogP contribution in [0.25, 0.3) is 10.9 Å². The second kappa shape index (κ2) is 5.43. The van der Waals surface area contributed by atoms with Gasteiger partial charge in [0.2, 0.25) is 5.95 Å². The number of benzene rings is 1. The molecule has 0 unspecified atom stereocenters. The Kier molecular flexibility index (Phi) is 3.31. The molecule has 0 saturated heterocycles. The van der Waals surface area contributed by atoms with Gasteiger partial charge in [0.15, 0.2) is 0 Å². The zero-order chi connectivity index (χ0) is 12.9. The van der Waals surface area contributed by atoms with Crippen LogP contribution in [0.15, 0.2) is 42.9 Å². The van der Waals surface area contributed by atoms with Crippen LogP contribution in [0.5, 0.6) is 0 Å². The summed E-state index contributed by atoms with van der Waals surface area (Å²) in [5, 5.41) is 11.9. The van der Waals surface area contributed by atoms with Gasteiger partial charge in [0.1, 0.15) is 0 Å². The van der Waals surface area contributed by atoms with E-state index >= 15 is 0 Å². The molecule has 2 heterocycles. The summed E-state index contributed by atoms with van der Waals surface area (Å²) in [6.45, 7) is 1.64. The summed E-state index contributed by atoms with van der Waals surface area (Å²) in [6.07, 6.45) is 6.31. The van der Waals surface area contributed by atoms with E-state index in [2.05, 4.69) is 25.6 Å². The molecule has 3 aromatic rings. The van der Waals surface area contributed by atoms with Gasteiger partial charge in [-0.25, -0.2) is 9.97 Å². The van der Waals surface area contributed by atoms with Crippen molar-refractivity contribution in [1.82, 2.24) is 25.0 Å². The molecule has 6 nitrogen and oxygen atoms in total. The maximum Gasteiger partial charge on any atom is 0.223 e. The fourth-order valence-corrected chi connectivity index (χ4v) is 1.85. The van der Waals surface area contributed by atoms with Gasteiger partial charge in [-0.1, -0.05) is 23.4 Å². The van der Waals surface area contributed by atoms with Gasteiger partial charge in [0, 0.05) is 30.9 Å². The number of anilines is 1. The Balaban J connectivity index is 1.56. The molecule has 0 atom stereocenters. The molecule has 0 spiro atoms. The van der Waals surface area contributed by atoms with Crippen LogP contribution < -0.4 is 5.32 Å². The molecule has 2 aromatic heterocycles. The van der Waals surface area contributed by atoms with Crippen LogP contribution in [0, 0.1) is 0 Å². The molecule has 0 fully saturated rings. The normalized spacial score (nSPS) is 10.7. The van der Waals surface area contributed by atoms with Crippen LogP contribution in [0.4, 0.5) is 5.95 Å². The largest absolute Gasteiger partial charge is 0.354 e. The van der Waals surface area contributed by atoms with E-state index in [1.165, 1.54) is 0 Å². The Hall–Kier alpha value is -2.50. The molecule has 1 N–H and O–H groups in total. The lowest BCUT2D eigenvalue weighted by Gasteiger charge is -2.05. The summed E-state index contributed by atoms with van der Waals surface area (Å²) in [5.74, 6) is 0.664. The molecule has 0 bridgehead atoms. The lowest BCUT2D eigenvalue weighted by molar-refractivity contribution is 0.569. The second-order valence-electron chi connectivity index (χ2n) is 4.20. The zero-order valence-electron chi connectivity index (χ0n) is 10.4. The second-order valence-corrected chi connectivity index (χ2v) is 4.20. The van der Waals surface area contributed by atoms with Gasteiger partial charge >= 0.3 is 0 Å². The smallest absolute Gasteiger partial charge is 0.223 e. The highest BCUT2D eigenvalue weighted by Gasteiger charge is 1.98. The minimum Gasteiger partial charge on any atom is -0.354 e. The van der Waals surface area contributed by atoms with Crippen molar-refractivity contribution in [3.05, 3.63) is 42.9 Å². The van der Waals surface area contributed by atoms with E-state index in [-0.39, 0.29) is 0 Å². The van der Waals surface area contributed by atoms with Gasteiger partial charge in [-0.05, 0) is 12.5 Å². The SMILES string of the molecule is c1ccc2nc(NCCCn3ccnn3)ncc2c1. The van der Waals surface area contributed by atoms with Crippen LogP contribution in [0.3, 0.4) is 0 Å². The summed E-state index contributed by atoms with van der Waals surface area (Å²) in [7, 11) is 0. The lowest BCUT2D eigenvalue weighted by atomic mass is 10.2. The fraction of sp³-hybridized carbons (Fsp3) is 0.231. The molecule has 0 aliphatic carbocycles. The average Bonchev–Trinajstić information content (AvgIpc) is 2.97. The van der Waals surface area contributed by atoms with E-state index in [1.54, 1.807) is 6.20 Å². The van der Waals surface area contributed by atoms with E-state index < -0.39 is 0 Å². The van der Waals surface area contributed by atoms with Gasteiger partial charge in [-0.15, -0.1) is 5.10 Å². The van der Waals surface area contributed by atoms with Crippen molar-refractivity contribution < 1.29 is 0 Å². The lowest BCUT2D eigenvalue weighted by Crippen LogP contribution is -2.09. The first-order chi connectivity index (χ1) is 9.42. The Morgan fingerprint density at radius 3 is 3.05 bits per heavy atom. The number of nitrogens with zero attached hydrogens (tertiary/aromatic N) is 5. The summed E-state index contributed by atoms with van der Waals surface area (Å²) in [5.41, 5.74) is 0.955. The van der Waals surface area contributed by atoms with Crippen LogP contribution in [-0.2, 0) is 6.54 Å². The topological polar surface area (TPSA) is 68.5 Å². The number of fused-ring (bicyclic) bond motifs is 1. The van der Waals surface area contributed by atoms with Crippen LogP contribution in [0.2, 0.25) is 0 Å². The van der Waals surface area contributed by atoms with Gasteiger partial charge in [0.05, 0.1) is 11.7 Å². The number of aryl methyl sites for hydroxylation is 1. The van der Waals surface area contributed by atoms with Crippen LogP contribution in [0.1, 0.15) is 6.42 Å². The van der Waals surface area contributed by atoms with Crippen molar-refractivity contribution in [2.45, 2.75) is 13.0 Å². The highest BCUT2D eigenvalue weighted by molar-refractivity contribution is 5.78. The molecule has 0 aliphatic heterocycles. The third kappa shape index (κ3) is 2.85. The minimum absolute atomic E-state index is 0.664. The summed E-state index contributed by atoms with van der Waals surface area (Å²) >= 11 is 0. The first-order valence-electron chi connectivity index (χ1n) is 6.21. The fourth-order valence-electron chi connectivity index (χ4n) is 1.85. The Morgan fingerprint density at radius 1 is 1.21 bits per heavy atom. The molecule has 96 valence electrons. The highest BCUT2D eigenvalue weighted by Crippen LogP contribution is 2.11. The maximum atomic E-state index is 4.45. The maximum absolute atomic E-state index is 4.45. The molecule has 19 heavy (non-hydrogen) atoms. The predicted octanol–water partition coefficient (Wildman–Crippen LogP) is 1.72. The number of rotatable bonds is 5. The van der Waals surface area contributed by atoms with Gasteiger partial charge < -0.3 is 5.32 Å². The monoisotopic (exact) mass is 254 g/mol. The quantitative estimate of drug-likeness (QED) is 0.702. The highest BCUT2D eigenvalue weighted by atomic mass is 15.4. The third-order valence-corrected chi connectivity index (χ3v) is 2.81. The number of nitrogens with one attached hydrogen (secondary N) is 1. The Labute approximate surface area is 110 Å². The summed E-state index contributed by atoms with van der Waals surface area (Å²) < 4.78 is 1.81. The van der Waals surface area contributed by atoms with Crippen molar-refractivity contribution in [2.75, 3.05) is 11.9 Å². The number of para-hydroxylation sites is 1. The first-order valence-corrected chi connectivity index (χ1v) is 6.21. The van der Waals surface area contributed by atoms with Crippen LogP contribution >= 0.6 is 0 Å². The average molecular weight is 254 g/mol. The molecular formula is C13H14N6.